The first-order valence-corrected chi connectivity index (χ1v) is 9.20. The fraction of sp³-hybridized carbons (Fsp3) is 0.444. The summed E-state index contributed by atoms with van der Waals surface area (Å²) in [5.74, 6) is 1.98. The SMILES string of the molecule is CN=C(NCCc1nc(C)no1)N1CCN(Cc2ccc(Cl)cc2)C(=O)C1.I. The quantitative estimate of drug-likeness (QED) is 0.371. The van der Waals surface area contributed by atoms with Gasteiger partial charge in [-0.1, -0.05) is 28.9 Å². The molecule has 0 saturated carbocycles. The highest BCUT2D eigenvalue weighted by molar-refractivity contribution is 14.0. The Hall–Kier alpha value is -1.88. The molecule has 1 N–H and O–H groups in total. The van der Waals surface area contributed by atoms with E-state index in [9.17, 15) is 4.79 Å². The second-order valence-corrected chi connectivity index (χ2v) is 6.76. The minimum absolute atomic E-state index is 0. The lowest BCUT2D eigenvalue weighted by atomic mass is 10.2. The molecule has 0 radical (unpaired) electrons. The van der Waals surface area contributed by atoms with Crippen molar-refractivity contribution in [2.24, 2.45) is 4.99 Å². The molecule has 10 heteroatoms. The summed E-state index contributed by atoms with van der Waals surface area (Å²) in [6, 6.07) is 7.58. The summed E-state index contributed by atoms with van der Waals surface area (Å²) in [6.45, 7) is 4.64. The third kappa shape index (κ3) is 6.06. The highest BCUT2D eigenvalue weighted by atomic mass is 127. The van der Waals surface area contributed by atoms with Crippen molar-refractivity contribution >= 4 is 47.4 Å². The first-order chi connectivity index (χ1) is 13.0. The number of nitrogens with one attached hydrogen (secondary N) is 1. The largest absolute Gasteiger partial charge is 0.356 e. The maximum Gasteiger partial charge on any atom is 0.242 e. The van der Waals surface area contributed by atoms with Crippen molar-refractivity contribution in [2.45, 2.75) is 19.9 Å². The van der Waals surface area contributed by atoms with Gasteiger partial charge in [0.2, 0.25) is 11.8 Å². The average Bonchev–Trinajstić information content (AvgIpc) is 3.07. The van der Waals surface area contributed by atoms with Crippen LogP contribution in [-0.2, 0) is 17.8 Å². The summed E-state index contributed by atoms with van der Waals surface area (Å²) in [7, 11) is 1.71. The van der Waals surface area contributed by atoms with Crippen LogP contribution >= 0.6 is 35.6 Å². The third-order valence-corrected chi connectivity index (χ3v) is 4.56. The Labute approximate surface area is 186 Å². The topological polar surface area (TPSA) is 86.9 Å². The van der Waals surface area contributed by atoms with E-state index in [1.165, 1.54) is 0 Å². The van der Waals surface area contributed by atoms with E-state index < -0.39 is 0 Å². The van der Waals surface area contributed by atoms with Gasteiger partial charge >= 0.3 is 0 Å². The lowest BCUT2D eigenvalue weighted by molar-refractivity contribution is -0.135. The zero-order valence-electron chi connectivity index (χ0n) is 15.9. The van der Waals surface area contributed by atoms with Gasteiger partial charge in [-0.05, 0) is 24.6 Å². The second kappa shape index (κ2) is 10.6. The number of hydrogen-bond acceptors (Lipinski definition) is 5. The number of rotatable bonds is 5. The van der Waals surface area contributed by atoms with Crippen LogP contribution in [0.4, 0.5) is 0 Å². The van der Waals surface area contributed by atoms with Crippen molar-refractivity contribution < 1.29 is 9.32 Å². The van der Waals surface area contributed by atoms with Crippen molar-refractivity contribution in [3.8, 4) is 0 Å². The van der Waals surface area contributed by atoms with Crippen molar-refractivity contribution in [3.63, 3.8) is 0 Å². The van der Waals surface area contributed by atoms with E-state index in [1.54, 1.807) is 14.0 Å². The third-order valence-electron chi connectivity index (χ3n) is 4.31. The molecule has 0 bridgehead atoms. The van der Waals surface area contributed by atoms with Crippen LogP contribution in [0, 0.1) is 6.92 Å². The van der Waals surface area contributed by atoms with Crippen molar-refractivity contribution in [1.29, 1.82) is 0 Å². The number of carbonyl (C=O) groups excluding carboxylic acids is 1. The first-order valence-electron chi connectivity index (χ1n) is 8.82. The average molecular weight is 519 g/mol. The molecule has 1 amide bonds. The molecule has 152 valence electrons. The van der Waals surface area contributed by atoms with Crippen molar-refractivity contribution in [3.05, 3.63) is 46.6 Å². The van der Waals surface area contributed by atoms with Crippen LogP contribution in [0.5, 0.6) is 0 Å². The maximum absolute atomic E-state index is 12.5. The summed E-state index contributed by atoms with van der Waals surface area (Å²) >= 11 is 5.91. The molecule has 0 atom stereocenters. The van der Waals surface area contributed by atoms with Crippen LogP contribution in [0.15, 0.2) is 33.8 Å². The summed E-state index contributed by atoms with van der Waals surface area (Å²) < 4.78 is 5.10. The molecule has 1 aliphatic rings. The fourth-order valence-electron chi connectivity index (χ4n) is 2.92. The summed E-state index contributed by atoms with van der Waals surface area (Å²) in [5.41, 5.74) is 1.07. The molecule has 2 heterocycles. The fourth-order valence-corrected chi connectivity index (χ4v) is 3.05. The molecule has 8 nitrogen and oxygen atoms in total. The van der Waals surface area contributed by atoms with Gasteiger partial charge in [-0.25, -0.2) is 0 Å². The zero-order chi connectivity index (χ0) is 19.2. The molecule has 0 unspecified atom stereocenters. The van der Waals surface area contributed by atoms with E-state index in [1.807, 2.05) is 34.1 Å². The number of halogens is 2. The van der Waals surface area contributed by atoms with Gasteiger partial charge in [0.05, 0.1) is 6.54 Å². The number of guanidine groups is 1. The minimum atomic E-state index is 0. The van der Waals surface area contributed by atoms with E-state index >= 15 is 0 Å². The van der Waals surface area contributed by atoms with Crippen molar-refractivity contribution in [1.82, 2.24) is 25.3 Å². The maximum atomic E-state index is 12.5. The predicted octanol–water partition coefficient (Wildman–Crippen LogP) is 2.11. The molecule has 0 spiro atoms. The molecule has 0 aliphatic carbocycles. The Morgan fingerprint density at radius 2 is 2.07 bits per heavy atom. The highest BCUT2D eigenvalue weighted by Gasteiger charge is 2.25. The molecular formula is C18H24ClIN6O2. The Kier molecular flexibility index (Phi) is 8.49. The van der Waals surface area contributed by atoms with Gasteiger partial charge in [0.25, 0.3) is 0 Å². The summed E-state index contributed by atoms with van der Waals surface area (Å²) in [6.07, 6.45) is 0.602. The van der Waals surface area contributed by atoms with Gasteiger partial charge in [0.1, 0.15) is 0 Å². The molecule has 1 aliphatic heterocycles. The number of hydrogen-bond donors (Lipinski definition) is 1. The van der Waals surface area contributed by atoms with Crippen LogP contribution in [0.1, 0.15) is 17.3 Å². The van der Waals surface area contributed by atoms with Crippen LogP contribution in [0.2, 0.25) is 5.02 Å². The number of aryl methyl sites for hydroxylation is 1. The number of benzene rings is 1. The Morgan fingerprint density at radius 3 is 2.68 bits per heavy atom. The standard InChI is InChI=1S/C18H23ClN6O2.HI/c1-13-22-16(27-23-13)7-8-21-18(20-2)25-10-9-24(17(26)12-25)11-14-3-5-15(19)6-4-14;/h3-6H,7-12H2,1-2H3,(H,20,21);1H. The van der Waals surface area contributed by atoms with E-state index in [2.05, 4.69) is 20.4 Å². The Bertz CT molecular complexity index is 811. The van der Waals surface area contributed by atoms with Crippen LogP contribution in [-0.4, -0.2) is 65.0 Å². The Balaban J connectivity index is 0.00000280. The van der Waals surface area contributed by atoms with Gasteiger partial charge < -0.3 is 19.6 Å². The van der Waals surface area contributed by atoms with Crippen molar-refractivity contribution in [2.75, 3.05) is 33.2 Å². The van der Waals surface area contributed by atoms with Gasteiger partial charge in [-0.3, -0.25) is 9.79 Å². The number of carbonyl (C=O) groups is 1. The lowest BCUT2D eigenvalue weighted by Crippen LogP contribution is -2.55. The van der Waals surface area contributed by atoms with Gasteiger partial charge in [0, 0.05) is 44.7 Å². The zero-order valence-corrected chi connectivity index (χ0v) is 19.0. The van der Waals surface area contributed by atoms with Crippen LogP contribution < -0.4 is 5.32 Å². The summed E-state index contributed by atoms with van der Waals surface area (Å²) in [5, 5.41) is 7.72. The molecule has 1 aromatic carbocycles. The molecule has 2 aromatic rings. The smallest absolute Gasteiger partial charge is 0.242 e. The van der Waals surface area contributed by atoms with Crippen LogP contribution in [0.25, 0.3) is 0 Å². The molecule has 28 heavy (non-hydrogen) atoms. The predicted molar refractivity (Wildman–Crippen MR) is 118 cm³/mol. The normalized spacial score (nSPS) is 14.8. The summed E-state index contributed by atoms with van der Waals surface area (Å²) in [4.78, 5) is 24.8. The minimum Gasteiger partial charge on any atom is -0.356 e. The molecule has 1 fully saturated rings. The van der Waals surface area contributed by atoms with E-state index in [-0.39, 0.29) is 29.9 Å². The number of aliphatic imine (C=N–C) groups is 1. The number of piperazine rings is 1. The first kappa shape index (κ1) is 22.4. The lowest BCUT2D eigenvalue weighted by Gasteiger charge is -2.36. The van der Waals surface area contributed by atoms with Gasteiger partial charge in [-0.15, -0.1) is 24.0 Å². The monoisotopic (exact) mass is 518 g/mol. The van der Waals surface area contributed by atoms with Gasteiger partial charge in [0.15, 0.2) is 11.8 Å². The van der Waals surface area contributed by atoms with E-state index in [0.717, 1.165) is 12.1 Å². The van der Waals surface area contributed by atoms with E-state index in [4.69, 9.17) is 16.1 Å². The highest BCUT2D eigenvalue weighted by Crippen LogP contribution is 2.13. The molecule has 1 aromatic heterocycles. The second-order valence-electron chi connectivity index (χ2n) is 6.32. The number of nitrogens with zero attached hydrogens (tertiary/aromatic N) is 5. The van der Waals surface area contributed by atoms with E-state index in [0.29, 0.717) is 55.3 Å². The van der Waals surface area contributed by atoms with Gasteiger partial charge in [-0.2, -0.15) is 4.98 Å². The molecule has 3 rings (SSSR count). The molecular weight excluding hydrogens is 495 g/mol. The number of amides is 1. The Morgan fingerprint density at radius 1 is 1.32 bits per heavy atom. The molecule has 1 saturated heterocycles. The van der Waals surface area contributed by atoms with Crippen LogP contribution in [0.3, 0.4) is 0 Å². The number of aromatic nitrogens is 2.